The summed E-state index contributed by atoms with van der Waals surface area (Å²) in [6.45, 7) is 3.10. The van der Waals surface area contributed by atoms with Gasteiger partial charge in [-0.05, 0) is 23.8 Å². The zero-order valence-corrected chi connectivity index (χ0v) is 15.8. The molecule has 27 heavy (non-hydrogen) atoms. The lowest BCUT2D eigenvalue weighted by atomic mass is 10.2. The van der Waals surface area contributed by atoms with Crippen molar-refractivity contribution in [3.63, 3.8) is 0 Å². The molecule has 7 heteroatoms. The number of sulfonamides is 1. The zero-order valence-electron chi connectivity index (χ0n) is 15.0. The van der Waals surface area contributed by atoms with Gasteiger partial charge < -0.3 is 4.57 Å². The first-order valence-corrected chi connectivity index (χ1v) is 10.5. The molecule has 0 bridgehead atoms. The Hall–Kier alpha value is -2.48. The zero-order chi connectivity index (χ0) is 18.7. The van der Waals surface area contributed by atoms with Gasteiger partial charge in [-0.15, -0.1) is 0 Å². The van der Waals surface area contributed by atoms with Crippen LogP contribution >= 0.6 is 0 Å². The van der Waals surface area contributed by atoms with Crippen LogP contribution in [-0.4, -0.2) is 53.4 Å². The van der Waals surface area contributed by atoms with Gasteiger partial charge in [-0.25, -0.2) is 13.4 Å². The van der Waals surface area contributed by atoms with E-state index in [1.54, 1.807) is 10.4 Å². The summed E-state index contributed by atoms with van der Waals surface area (Å²) in [4.78, 5) is 6.66. The predicted octanol–water partition coefficient (Wildman–Crippen LogP) is 2.61. The summed E-state index contributed by atoms with van der Waals surface area (Å²) in [7, 11) is -3.39. The summed E-state index contributed by atoms with van der Waals surface area (Å²) < 4.78 is 28.8. The van der Waals surface area contributed by atoms with Gasteiger partial charge in [0, 0.05) is 31.6 Å². The van der Waals surface area contributed by atoms with Crippen LogP contribution in [0.5, 0.6) is 0 Å². The van der Waals surface area contributed by atoms with Crippen molar-refractivity contribution in [1.29, 1.82) is 0 Å². The lowest BCUT2D eigenvalue weighted by Crippen LogP contribution is -2.48. The Morgan fingerprint density at radius 3 is 2.41 bits per heavy atom. The highest BCUT2D eigenvalue weighted by Crippen LogP contribution is 2.15. The number of hydrogen-bond acceptors (Lipinski definition) is 4. The molecule has 0 aliphatic carbocycles. The predicted molar refractivity (Wildman–Crippen MR) is 107 cm³/mol. The summed E-state index contributed by atoms with van der Waals surface area (Å²) in [5.41, 5.74) is 2.95. The highest BCUT2D eigenvalue weighted by Gasteiger charge is 2.25. The fourth-order valence-electron chi connectivity index (χ4n) is 3.28. The summed E-state index contributed by atoms with van der Waals surface area (Å²) in [6, 6.07) is 17.5. The van der Waals surface area contributed by atoms with Crippen LogP contribution in [-0.2, 0) is 16.7 Å². The largest absolute Gasteiger partial charge is 0.317 e. The summed E-state index contributed by atoms with van der Waals surface area (Å²) in [5, 5.41) is 1.31. The van der Waals surface area contributed by atoms with Gasteiger partial charge in [0.2, 0.25) is 10.0 Å². The molecule has 1 saturated heterocycles. The van der Waals surface area contributed by atoms with Crippen molar-refractivity contribution in [2.45, 2.75) is 6.67 Å². The molecule has 0 N–H and O–H groups in total. The van der Waals surface area contributed by atoms with E-state index in [1.807, 2.05) is 54.9 Å². The minimum Gasteiger partial charge on any atom is -0.317 e. The van der Waals surface area contributed by atoms with Crippen molar-refractivity contribution >= 4 is 27.1 Å². The van der Waals surface area contributed by atoms with Crippen LogP contribution in [0.3, 0.4) is 0 Å². The Morgan fingerprint density at radius 2 is 1.63 bits per heavy atom. The molecular formula is C20H22N4O2S. The van der Waals surface area contributed by atoms with E-state index < -0.39 is 10.0 Å². The molecule has 1 aliphatic rings. The third-order valence-electron chi connectivity index (χ3n) is 4.80. The van der Waals surface area contributed by atoms with Gasteiger partial charge in [0.05, 0.1) is 24.0 Å². The Labute approximate surface area is 159 Å². The minimum atomic E-state index is -3.39. The smallest absolute Gasteiger partial charge is 0.236 e. The number of para-hydroxylation sites is 2. The number of piperazine rings is 1. The topological polar surface area (TPSA) is 58.4 Å². The van der Waals surface area contributed by atoms with Crippen LogP contribution in [0.4, 0.5) is 0 Å². The monoisotopic (exact) mass is 382 g/mol. The Kier molecular flexibility index (Phi) is 5.07. The van der Waals surface area contributed by atoms with Gasteiger partial charge in [-0.2, -0.15) is 4.31 Å². The van der Waals surface area contributed by atoms with Crippen LogP contribution in [0.1, 0.15) is 5.56 Å². The van der Waals surface area contributed by atoms with Crippen molar-refractivity contribution < 1.29 is 8.42 Å². The molecule has 0 amide bonds. The molecule has 1 aliphatic heterocycles. The lowest BCUT2D eigenvalue weighted by Gasteiger charge is -2.33. The van der Waals surface area contributed by atoms with Crippen molar-refractivity contribution in [2.24, 2.45) is 0 Å². The average Bonchev–Trinajstić information content (AvgIpc) is 3.11. The maximum absolute atomic E-state index is 12.6. The molecule has 0 atom stereocenters. The van der Waals surface area contributed by atoms with Gasteiger partial charge >= 0.3 is 0 Å². The second-order valence-corrected chi connectivity index (χ2v) is 8.44. The summed E-state index contributed by atoms with van der Waals surface area (Å²) in [6.07, 6.45) is 3.50. The number of rotatable bonds is 5. The maximum Gasteiger partial charge on any atom is 0.236 e. The van der Waals surface area contributed by atoms with E-state index in [4.69, 9.17) is 0 Å². The van der Waals surface area contributed by atoms with Crippen molar-refractivity contribution in [2.75, 3.05) is 26.2 Å². The first-order chi connectivity index (χ1) is 13.1. The van der Waals surface area contributed by atoms with E-state index in [1.165, 1.54) is 5.41 Å². The Balaban J connectivity index is 1.37. The van der Waals surface area contributed by atoms with E-state index in [0.29, 0.717) is 32.8 Å². The second kappa shape index (κ2) is 7.64. The molecule has 6 nitrogen and oxygen atoms in total. The van der Waals surface area contributed by atoms with Gasteiger partial charge in [0.15, 0.2) is 0 Å². The number of fused-ring (bicyclic) bond motifs is 1. The van der Waals surface area contributed by atoms with Gasteiger partial charge in [0.1, 0.15) is 0 Å². The molecular weight excluding hydrogens is 360 g/mol. The SMILES string of the molecule is O=S(=O)(C=Cc1ccccc1)N1CCN(Cn2cnc3ccccc32)CC1. The normalized spacial score (nSPS) is 17.0. The Morgan fingerprint density at radius 1 is 0.926 bits per heavy atom. The lowest BCUT2D eigenvalue weighted by molar-refractivity contribution is 0.155. The van der Waals surface area contributed by atoms with Crippen LogP contribution in [0.15, 0.2) is 66.3 Å². The molecule has 2 heterocycles. The standard InChI is InChI=1S/C20H22N4O2S/c25-27(26,15-10-18-6-2-1-3-7-18)24-13-11-22(12-14-24)17-23-16-21-19-8-4-5-9-20(19)23/h1-10,15-16H,11-14,17H2. The number of benzene rings is 2. The first-order valence-electron chi connectivity index (χ1n) is 8.97. The molecule has 4 rings (SSSR count). The van der Waals surface area contributed by atoms with E-state index in [-0.39, 0.29) is 0 Å². The third kappa shape index (κ3) is 4.10. The number of hydrogen-bond donors (Lipinski definition) is 0. The molecule has 140 valence electrons. The van der Waals surface area contributed by atoms with Gasteiger partial charge in [-0.3, -0.25) is 4.90 Å². The highest BCUT2D eigenvalue weighted by molar-refractivity contribution is 7.92. The van der Waals surface area contributed by atoms with E-state index in [2.05, 4.69) is 20.5 Å². The fourth-order valence-corrected chi connectivity index (χ4v) is 4.45. The van der Waals surface area contributed by atoms with Crippen LogP contribution in [0, 0.1) is 0 Å². The molecule has 2 aromatic carbocycles. The fraction of sp³-hybridized carbons (Fsp3) is 0.250. The first kappa shape index (κ1) is 17.9. The van der Waals surface area contributed by atoms with E-state index >= 15 is 0 Å². The maximum atomic E-state index is 12.6. The van der Waals surface area contributed by atoms with Gasteiger partial charge in [0.25, 0.3) is 0 Å². The second-order valence-electron chi connectivity index (χ2n) is 6.62. The number of imidazole rings is 1. The van der Waals surface area contributed by atoms with Crippen molar-refractivity contribution in [1.82, 2.24) is 18.8 Å². The van der Waals surface area contributed by atoms with E-state index in [9.17, 15) is 8.42 Å². The quantitative estimate of drug-likeness (QED) is 0.681. The summed E-state index contributed by atoms with van der Waals surface area (Å²) in [5.74, 6) is 0. The summed E-state index contributed by atoms with van der Waals surface area (Å²) >= 11 is 0. The molecule has 3 aromatic rings. The highest BCUT2D eigenvalue weighted by atomic mass is 32.2. The van der Waals surface area contributed by atoms with Crippen molar-refractivity contribution in [3.05, 3.63) is 71.9 Å². The number of aromatic nitrogens is 2. The molecule has 0 unspecified atom stereocenters. The van der Waals surface area contributed by atoms with Crippen molar-refractivity contribution in [3.8, 4) is 0 Å². The third-order valence-corrected chi connectivity index (χ3v) is 6.37. The van der Waals surface area contributed by atoms with Crippen LogP contribution < -0.4 is 0 Å². The average molecular weight is 382 g/mol. The van der Waals surface area contributed by atoms with Gasteiger partial charge in [-0.1, -0.05) is 42.5 Å². The number of nitrogens with zero attached hydrogens (tertiary/aromatic N) is 4. The minimum absolute atomic E-state index is 0.494. The van der Waals surface area contributed by atoms with E-state index in [0.717, 1.165) is 16.6 Å². The molecule has 0 radical (unpaired) electrons. The molecule has 1 fully saturated rings. The molecule has 0 spiro atoms. The molecule has 0 saturated carbocycles. The molecule has 1 aromatic heterocycles. The Bertz CT molecular complexity index is 1040. The van der Waals surface area contributed by atoms with Crippen LogP contribution in [0.2, 0.25) is 0 Å². The van der Waals surface area contributed by atoms with Crippen LogP contribution in [0.25, 0.3) is 17.1 Å².